The molecule has 1 saturated carbocycles. The van der Waals surface area contributed by atoms with E-state index in [1.54, 1.807) is 6.07 Å². The second kappa shape index (κ2) is 3.95. The van der Waals surface area contributed by atoms with Crippen molar-refractivity contribution in [1.29, 1.82) is 0 Å². The fourth-order valence-electron chi connectivity index (χ4n) is 2.24. The van der Waals surface area contributed by atoms with Crippen LogP contribution in [0.4, 0.5) is 0 Å². The van der Waals surface area contributed by atoms with Gasteiger partial charge in [0.25, 0.3) is 0 Å². The lowest BCUT2D eigenvalue weighted by Crippen LogP contribution is -2.41. The van der Waals surface area contributed by atoms with E-state index in [0.717, 1.165) is 0 Å². The number of hydrogen-bond acceptors (Lipinski definition) is 4. The van der Waals surface area contributed by atoms with Gasteiger partial charge in [0.15, 0.2) is 17.3 Å². The summed E-state index contributed by atoms with van der Waals surface area (Å²) in [6, 6.07) is 3.04. The van der Waals surface area contributed by atoms with Crippen LogP contribution in [0.3, 0.4) is 0 Å². The fraction of sp³-hybridized carbons (Fsp3) is 0.462. The second-order valence-corrected chi connectivity index (χ2v) is 5.22. The Morgan fingerprint density at radius 2 is 1.88 bits per heavy atom. The minimum atomic E-state index is -1.16. The molecule has 0 amide bonds. The van der Waals surface area contributed by atoms with Gasteiger partial charge in [-0.2, -0.15) is 0 Å². The number of Topliss-reactive ketones (excluding diaryl/α,β-unsaturated/α-hetero) is 3. The maximum Gasteiger partial charge on any atom is 0.215 e. The van der Waals surface area contributed by atoms with Gasteiger partial charge in [-0.1, -0.05) is 13.8 Å². The SMILES string of the molecule is CC1(C)CC(=O)C(C(=O)c2ccco2)C(=O)C1. The van der Waals surface area contributed by atoms with Crippen LogP contribution in [0.1, 0.15) is 37.2 Å². The van der Waals surface area contributed by atoms with Gasteiger partial charge in [0.2, 0.25) is 5.78 Å². The van der Waals surface area contributed by atoms with Crippen molar-refractivity contribution in [2.24, 2.45) is 11.3 Å². The van der Waals surface area contributed by atoms with Crippen molar-refractivity contribution in [1.82, 2.24) is 0 Å². The number of furan rings is 1. The molecule has 1 aliphatic rings. The highest BCUT2D eigenvalue weighted by Crippen LogP contribution is 2.35. The van der Waals surface area contributed by atoms with E-state index >= 15 is 0 Å². The predicted molar refractivity (Wildman–Crippen MR) is 59.6 cm³/mol. The van der Waals surface area contributed by atoms with Crippen LogP contribution < -0.4 is 0 Å². The Hall–Kier alpha value is -1.71. The Morgan fingerprint density at radius 3 is 2.35 bits per heavy atom. The largest absolute Gasteiger partial charge is 0.461 e. The number of rotatable bonds is 2. The lowest BCUT2D eigenvalue weighted by molar-refractivity contribution is -0.137. The number of hydrogen-bond donors (Lipinski definition) is 0. The quantitative estimate of drug-likeness (QED) is 0.580. The van der Waals surface area contributed by atoms with Crippen molar-refractivity contribution >= 4 is 17.3 Å². The molecule has 1 aliphatic carbocycles. The van der Waals surface area contributed by atoms with Crippen LogP contribution >= 0.6 is 0 Å². The first-order valence-corrected chi connectivity index (χ1v) is 5.54. The van der Waals surface area contributed by atoms with Gasteiger partial charge in [-0.25, -0.2) is 0 Å². The highest BCUT2D eigenvalue weighted by molar-refractivity contribution is 6.24. The first kappa shape index (κ1) is 11.8. The summed E-state index contributed by atoms with van der Waals surface area (Å²) in [5, 5.41) is 0. The molecular formula is C13H14O4. The lowest BCUT2D eigenvalue weighted by Gasteiger charge is -2.30. The van der Waals surface area contributed by atoms with Crippen molar-refractivity contribution in [2.45, 2.75) is 26.7 Å². The summed E-state index contributed by atoms with van der Waals surface area (Å²) in [5.74, 6) is -2.19. The normalized spacial score (nSPS) is 20.6. The molecule has 0 spiro atoms. The summed E-state index contributed by atoms with van der Waals surface area (Å²) >= 11 is 0. The lowest BCUT2D eigenvalue weighted by atomic mass is 9.70. The minimum Gasteiger partial charge on any atom is -0.461 e. The molecule has 0 unspecified atom stereocenters. The van der Waals surface area contributed by atoms with E-state index < -0.39 is 11.7 Å². The first-order valence-electron chi connectivity index (χ1n) is 5.54. The van der Waals surface area contributed by atoms with Gasteiger partial charge in [-0.05, 0) is 17.5 Å². The van der Waals surface area contributed by atoms with Gasteiger partial charge in [-0.15, -0.1) is 0 Å². The molecule has 4 heteroatoms. The third kappa shape index (κ3) is 2.20. The van der Waals surface area contributed by atoms with Gasteiger partial charge in [0.05, 0.1) is 6.26 Å². The van der Waals surface area contributed by atoms with E-state index in [4.69, 9.17) is 4.42 Å². The van der Waals surface area contributed by atoms with Crippen molar-refractivity contribution in [2.75, 3.05) is 0 Å². The fourth-order valence-corrected chi connectivity index (χ4v) is 2.24. The van der Waals surface area contributed by atoms with E-state index in [1.807, 2.05) is 13.8 Å². The van der Waals surface area contributed by atoms with Crippen LogP contribution in [0.2, 0.25) is 0 Å². The molecule has 1 aromatic rings. The van der Waals surface area contributed by atoms with Gasteiger partial charge in [0, 0.05) is 12.8 Å². The van der Waals surface area contributed by atoms with Crippen molar-refractivity contribution in [3.8, 4) is 0 Å². The number of carbonyl (C=O) groups is 3. The van der Waals surface area contributed by atoms with Crippen LogP contribution in [0, 0.1) is 11.3 Å². The van der Waals surface area contributed by atoms with Crippen LogP contribution in [0.5, 0.6) is 0 Å². The summed E-state index contributed by atoms with van der Waals surface area (Å²) < 4.78 is 4.94. The number of carbonyl (C=O) groups excluding carboxylic acids is 3. The monoisotopic (exact) mass is 234 g/mol. The molecule has 4 nitrogen and oxygen atoms in total. The topological polar surface area (TPSA) is 64.3 Å². The summed E-state index contributed by atoms with van der Waals surface area (Å²) in [5.41, 5.74) is -0.339. The second-order valence-electron chi connectivity index (χ2n) is 5.22. The molecule has 0 radical (unpaired) electrons. The Labute approximate surface area is 99.0 Å². The highest BCUT2D eigenvalue weighted by Gasteiger charge is 2.44. The smallest absolute Gasteiger partial charge is 0.215 e. The molecule has 17 heavy (non-hydrogen) atoms. The molecule has 0 aliphatic heterocycles. The minimum absolute atomic E-state index is 0.0800. The van der Waals surface area contributed by atoms with Crippen LogP contribution in [-0.2, 0) is 9.59 Å². The Morgan fingerprint density at radius 1 is 1.29 bits per heavy atom. The Balaban J connectivity index is 2.25. The Bertz CT molecular complexity index is 448. The van der Waals surface area contributed by atoms with Crippen molar-refractivity contribution < 1.29 is 18.8 Å². The standard InChI is InChI=1S/C13H14O4/c1-13(2)6-8(14)11(9(15)7-13)12(16)10-4-3-5-17-10/h3-5,11H,6-7H2,1-2H3. The molecule has 1 fully saturated rings. The molecule has 0 N–H and O–H groups in total. The van der Waals surface area contributed by atoms with Crippen LogP contribution in [-0.4, -0.2) is 17.3 Å². The van der Waals surface area contributed by atoms with Gasteiger partial charge in [0.1, 0.15) is 5.92 Å². The predicted octanol–water partition coefficient (Wildman–Crippen LogP) is 2.04. The van der Waals surface area contributed by atoms with Gasteiger partial charge >= 0.3 is 0 Å². The van der Waals surface area contributed by atoms with E-state index in [1.165, 1.54) is 12.3 Å². The molecule has 0 atom stereocenters. The van der Waals surface area contributed by atoms with E-state index in [-0.39, 0.29) is 35.6 Å². The van der Waals surface area contributed by atoms with E-state index in [9.17, 15) is 14.4 Å². The molecule has 0 saturated heterocycles. The Kier molecular flexibility index (Phi) is 2.73. The summed E-state index contributed by atoms with van der Waals surface area (Å²) in [6.45, 7) is 3.72. The summed E-state index contributed by atoms with van der Waals surface area (Å²) in [4.78, 5) is 35.7. The van der Waals surface area contributed by atoms with Crippen molar-refractivity contribution in [3.63, 3.8) is 0 Å². The zero-order valence-corrected chi connectivity index (χ0v) is 9.86. The molecule has 0 bridgehead atoms. The van der Waals surface area contributed by atoms with Gasteiger partial charge in [-0.3, -0.25) is 14.4 Å². The molecule has 90 valence electrons. The van der Waals surface area contributed by atoms with Crippen molar-refractivity contribution in [3.05, 3.63) is 24.2 Å². The first-order chi connectivity index (χ1) is 7.91. The maximum absolute atomic E-state index is 12.0. The third-order valence-corrected chi connectivity index (χ3v) is 2.98. The van der Waals surface area contributed by atoms with E-state index in [2.05, 4.69) is 0 Å². The average Bonchev–Trinajstić information content (AvgIpc) is 2.66. The zero-order valence-electron chi connectivity index (χ0n) is 9.86. The molecule has 2 rings (SSSR count). The maximum atomic E-state index is 12.0. The molecule has 0 aromatic carbocycles. The average molecular weight is 234 g/mol. The number of ketones is 3. The molecule has 1 aromatic heterocycles. The zero-order chi connectivity index (χ0) is 12.6. The molecule has 1 heterocycles. The van der Waals surface area contributed by atoms with Crippen LogP contribution in [0.15, 0.2) is 22.8 Å². The summed E-state index contributed by atoms with van der Waals surface area (Å²) in [6.07, 6.45) is 1.88. The highest BCUT2D eigenvalue weighted by atomic mass is 16.3. The summed E-state index contributed by atoms with van der Waals surface area (Å²) in [7, 11) is 0. The molecular weight excluding hydrogens is 220 g/mol. The van der Waals surface area contributed by atoms with Gasteiger partial charge < -0.3 is 4.42 Å². The van der Waals surface area contributed by atoms with E-state index in [0.29, 0.717) is 0 Å². The van der Waals surface area contributed by atoms with Crippen LogP contribution in [0.25, 0.3) is 0 Å². The third-order valence-electron chi connectivity index (χ3n) is 2.98.